The molecule has 3 rings (SSSR count). The molecule has 108 valence electrons. The summed E-state index contributed by atoms with van der Waals surface area (Å²) in [6, 6.07) is 14.9. The molecule has 2 nitrogen and oxygen atoms in total. The highest BCUT2D eigenvalue weighted by molar-refractivity contribution is 6.20. The Kier molecular flexibility index (Phi) is 3.73. The zero-order valence-electron chi connectivity index (χ0n) is 12.6. The Morgan fingerprint density at radius 1 is 1.10 bits per heavy atom. The van der Waals surface area contributed by atoms with Gasteiger partial charge in [0.1, 0.15) is 5.82 Å². The molecule has 21 heavy (non-hydrogen) atoms. The van der Waals surface area contributed by atoms with Gasteiger partial charge in [0.05, 0.1) is 16.4 Å². The third-order valence-corrected chi connectivity index (χ3v) is 3.91. The molecule has 0 fully saturated rings. The molecule has 0 aliphatic rings. The molecule has 3 aromatic rings. The Bertz CT molecular complexity index is 787. The van der Waals surface area contributed by atoms with Crippen LogP contribution < -0.4 is 0 Å². The second kappa shape index (κ2) is 5.53. The lowest BCUT2D eigenvalue weighted by atomic mass is 10.1. The van der Waals surface area contributed by atoms with Crippen molar-refractivity contribution in [1.82, 2.24) is 9.55 Å². The van der Waals surface area contributed by atoms with Crippen molar-refractivity contribution in [3.05, 3.63) is 65.0 Å². The number of aryl methyl sites for hydroxylation is 2. The van der Waals surface area contributed by atoms with E-state index in [0.717, 1.165) is 23.4 Å². The van der Waals surface area contributed by atoms with Crippen molar-refractivity contribution < 1.29 is 0 Å². The molecule has 0 saturated heterocycles. The van der Waals surface area contributed by atoms with Crippen LogP contribution in [0.1, 0.15) is 34.8 Å². The van der Waals surface area contributed by atoms with Crippen LogP contribution in [0, 0.1) is 13.8 Å². The highest BCUT2D eigenvalue weighted by Gasteiger charge is 2.15. The van der Waals surface area contributed by atoms with Crippen molar-refractivity contribution in [2.24, 2.45) is 0 Å². The van der Waals surface area contributed by atoms with Crippen LogP contribution in [0.25, 0.3) is 11.0 Å². The molecule has 3 heteroatoms. The van der Waals surface area contributed by atoms with Crippen LogP contribution in [0.5, 0.6) is 0 Å². The molecular weight excluding hydrogens is 280 g/mol. The maximum atomic E-state index is 6.33. The molecule has 2 aromatic carbocycles. The van der Waals surface area contributed by atoms with Gasteiger partial charge in [-0.1, -0.05) is 35.9 Å². The predicted octanol–water partition coefficient (Wildman–Crippen LogP) is 5.00. The maximum absolute atomic E-state index is 6.33. The fourth-order valence-electron chi connectivity index (χ4n) is 2.71. The van der Waals surface area contributed by atoms with Crippen LogP contribution in [0.15, 0.2) is 42.5 Å². The van der Waals surface area contributed by atoms with E-state index in [9.17, 15) is 0 Å². The predicted molar refractivity (Wildman–Crippen MR) is 89.0 cm³/mol. The number of alkyl halides is 1. The molecule has 0 N–H and O–H groups in total. The van der Waals surface area contributed by atoms with Crippen molar-refractivity contribution in [3.63, 3.8) is 0 Å². The van der Waals surface area contributed by atoms with Gasteiger partial charge in [0.2, 0.25) is 0 Å². The van der Waals surface area contributed by atoms with Crippen LogP contribution in [-0.4, -0.2) is 9.55 Å². The number of imidazole rings is 1. The minimum atomic E-state index is -0.109. The maximum Gasteiger partial charge on any atom is 0.128 e. The molecule has 0 radical (unpaired) electrons. The van der Waals surface area contributed by atoms with Crippen LogP contribution in [0.3, 0.4) is 0 Å². The van der Waals surface area contributed by atoms with Crippen molar-refractivity contribution in [3.8, 4) is 0 Å². The van der Waals surface area contributed by atoms with Crippen LogP contribution in [0.2, 0.25) is 0 Å². The number of aromatic nitrogens is 2. The molecule has 0 amide bonds. The number of hydrogen-bond donors (Lipinski definition) is 0. The average molecular weight is 299 g/mol. The molecule has 0 bridgehead atoms. The minimum Gasteiger partial charge on any atom is -0.322 e. The third-order valence-electron chi connectivity index (χ3n) is 3.71. The fraction of sp³-hybridized carbons (Fsp3) is 0.278. The number of benzene rings is 2. The Hall–Kier alpha value is -1.80. The van der Waals surface area contributed by atoms with Gasteiger partial charge >= 0.3 is 0 Å². The smallest absolute Gasteiger partial charge is 0.128 e. The summed E-state index contributed by atoms with van der Waals surface area (Å²) in [4.78, 5) is 4.70. The lowest BCUT2D eigenvalue weighted by Gasteiger charge is -2.11. The van der Waals surface area contributed by atoms with E-state index < -0.39 is 0 Å². The molecule has 1 aromatic heterocycles. The van der Waals surface area contributed by atoms with Gasteiger partial charge in [-0.15, -0.1) is 11.6 Å². The fourth-order valence-corrected chi connectivity index (χ4v) is 2.88. The number of rotatable bonds is 3. The minimum absolute atomic E-state index is 0.109. The highest BCUT2D eigenvalue weighted by Crippen LogP contribution is 2.26. The van der Waals surface area contributed by atoms with Gasteiger partial charge in [-0.3, -0.25) is 0 Å². The summed E-state index contributed by atoms with van der Waals surface area (Å²) in [7, 11) is 0. The van der Waals surface area contributed by atoms with E-state index in [2.05, 4.69) is 60.9 Å². The standard InChI is InChI=1S/C18H19ClN2/c1-12-5-4-6-15(9-12)11-21-17-10-13(2)7-8-16(17)20-18(21)14(3)19/h4-10,14H,11H2,1-3H3. The topological polar surface area (TPSA) is 17.8 Å². The first-order valence-corrected chi connectivity index (χ1v) is 7.64. The SMILES string of the molecule is Cc1cccc(Cn2c(C(C)Cl)nc3ccc(C)cc32)c1. The van der Waals surface area contributed by atoms with Gasteiger partial charge < -0.3 is 4.57 Å². The summed E-state index contributed by atoms with van der Waals surface area (Å²) in [5, 5.41) is -0.109. The number of halogens is 1. The van der Waals surface area contributed by atoms with Gasteiger partial charge in [-0.2, -0.15) is 0 Å². The Balaban J connectivity index is 2.14. The van der Waals surface area contributed by atoms with Crippen LogP contribution in [0.4, 0.5) is 0 Å². The molecule has 0 saturated carbocycles. The quantitative estimate of drug-likeness (QED) is 0.622. The Morgan fingerprint density at radius 2 is 1.86 bits per heavy atom. The number of fused-ring (bicyclic) bond motifs is 1. The summed E-state index contributed by atoms with van der Waals surface area (Å²) in [5.41, 5.74) is 5.94. The summed E-state index contributed by atoms with van der Waals surface area (Å²) in [6.45, 7) is 6.99. The van der Waals surface area contributed by atoms with Crippen molar-refractivity contribution >= 4 is 22.6 Å². The van der Waals surface area contributed by atoms with Crippen LogP contribution >= 0.6 is 11.6 Å². The lowest BCUT2D eigenvalue weighted by Crippen LogP contribution is -2.06. The highest BCUT2D eigenvalue weighted by atomic mass is 35.5. The number of hydrogen-bond acceptors (Lipinski definition) is 1. The second-order valence-electron chi connectivity index (χ2n) is 5.65. The summed E-state index contributed by atoms with van der Waals surface area (Å²) >= 11 is 6.33. The average Bonchev–Trinajstić information content (AvgIpc) is 2.77. The second-order valence-corrected chi connectivity index (χ2v) is 6.31. The molecule has 0 aliphatic carbocycles. The van der Waals surface area contributed by atoms with Gasteiger partial charge in [-0.25, -0.2) is 4.98 Å². The molecule has 0 spiro atoms. The van der Waals surface area contributed by atoms with Gasteiger partial charge in [0, 0.05) is 6.54 Å². The van der Waals surface area contributed by atoms with E-state index >= 15 is 0 Å². The van der Waals surface area contributed by atoms with E-state index in [0.29, 0.717) is 0 Å². The first-order valence-electron chi connectivity index (χ1n) is 7.21. The van der Waals surface area contributed by atoms with Gasteiger partial charge in [-0.05, 0) is 44.0 Å². The van der Waals surface area contributed by atoms with Gasteiger partial charge in [0.15, 0.2) is 0 Å². The van der Waals surface area contributed by atoms with E-state index in [1.807, 2.05) is 6.92 Å². The van der Waals surface area contributed by atoms with Crippen molar-refractivity contribution in [2.75, 3.05) is 0 Å². The first kappa shape index (κ1) is 14.2. The first-order chi connectivity index (χ1) is 10.0. The Labute approximate surface area is 130 Å². The van der Waals surface area contributed by atoms with E-state index in [4.69, 9.17) is 16.6 Å². The summed E-state index contributed by atoms with van der Waals surface area (Å²) in [5.74, 6) is 0.929. The van der Waals surface area contributed by atoms with E-state index in [-0.39, 0.29) is 5.38 Å². The monoisotopic (exact) mass is 298 g/mol. The number of nitrogens with zero attached hydrogens (tertiary/aromatic N) is 2. The third kappa shape index (κ3) is 2.81. The lowest BCUT2D eigenvalue weighted by molar-refractivity contribution is 0.742. The van der Waals surface area contributed by atoms with E-state index in [1.165, 1.54) is 16.7 Å². The zero-order chi connectivity index (χ0) is 15.0. The molecule has 0 aliphatic heterocycles. The van der Waals surface area contributed by atoms with Crippen LogP contribution in [-0.2, 0) is 6.54 Å². The van der Waals surface area contributed by atoms with Crippen molar-refractivity contribution in [1.29, 1.82) is 0 Å². The van der Waals surface area contributed by atoms with Gasteiger partial charge in [0.25, 0.3) is 0 Å². The molecule has 1 heterocycles. The zero-order valence-corrected chi connectivity index (χ0v) is 13.4. The molecule has 1 unspecified atom stereocenters. The van der Waals surface area contributed by atoms with Crippen molar-refractivity contribution in [2.45, 2.75) is 32.7 Å². The Morgan fingerprint density at radius 3 is 2.57 bits per heavy atom. The summed E-state index contributed by atoms with van der Waals surface area (Å²) < 4.78 is 2.23. The summed E-state index contributed by atoms with van der Waals surface area (Å²) in [6.07, 6.45) is 0. The van der Waals surface area contributed by atoms with E-state index in [1.54, 1.807) is 0 Å². The molecule has 1 atom stereocenters. The largest absolute Gasteiger partial charge is 0.322 e. The normalized spacial score (nSPS) is 12.8. The molecular formula is C18H19ClN2.